The smallest absolute Gasteiger partial charge is 0.235 e. The van der Waals surface area contributed by atoms with E-state index in [1.54, 1.807) is 23.2 Å². The fraction of sp³-hybridized carbons (Fsp3) is 0.278. The van der Waals surface area contributed by atoms with Crippen molar-refractivity contribution in [1.82, 2.24) is 14.1 Å². The molecule has 0 spiro atoms. The highest BCUT2D eigenvalue weighted by molar-refractivity contribution is 6.36. The lowest BCUT2D eigenvalue weighted by atomic mass is 10.0. The Hall–Kier alpha value is -2.31. The fourth-order valence-corrected chi connectivity index (χ4v) is 3.57. The number of hydrogen-bond acceptors (Lipinski definition) is 4. The molecule has 0 radical (unpaired) electrons. The Morgan fingerprint density at radius 2 is 1.85 bits per heavy atom. The number of hydrogen-bond donors (Lipinski definition) is 3. The van der Waals surface area contributed by atoms with Crippen LogP contribution in [-0.2, 0) is 19.5 Å². The molecular formula is C18H19Cl2N3O3. The Morgan fingerprint density at radius 3 is 2.50 bits per heavy atom. The van der Waals surface area contributed by atoms with E-state index in [4.69, 9.17) is 23.2 Å². The van der Waals surface area contributed by atoms with Crippen LogP contribution in [0.25, 0.3) is 11.3 Å². The molecule has 8 heteroatoms. The molecule has 0 fully saturated rings. The van der Waals surface area contributed by atoms with Gasteiger partial charge in [-0.25, -0.2) is 4.98 Å². The minimum absolute atomic E-state index is 0.111. The van der Waals surface area contributed by atoms with Crippen molar-refractivity contribution in [2.45, 2.75) is 32.9 Å². The molecular weight excluding hydrogens is 377 g/mol. The molecule has 0 atom stereocenters. The van der Waals surface area contributed by atoms with Crippen LogP contribution in [0.4, 0.5) is 0 Å². The number of aryl methyl sites for hydroxylation is 1. The Labute approximate surface area is 160 Å². The van der Waals surface area contributed by atoms with Crippen molar-refractivity contribution in [3.05, 3.63) is 46.5 Å². The monoisotopic (exact) mass is 395 g/mol. The molecule has 2 heterocycles. The number of nitrogens with zero attached hydrogens (tertiary/aromatic N) is 3. The van der Waals surface area contributed by atoms with E-state index in [1.807, 2.05) is 17.7 Å². The number of halogens is 2. The predicted octanol–water partition coefficient (Wildman–Crippen LogP) is 4.43. The van der Waals surface area contributed by atoms with Crippen molar-refractivity contribution in [2.24, 2.45) is 0 Å². The van der Waals surface area contributed by atoms with Gasteiger partial charge in [0.2, 0.25) is 5.88 Å². The summed E-state index contributed by atoms with van der Waals surface area (Å²) < 4.78 is 3.50. The van der Waals surface area contributed by atoms with Crippen LogP contribution >= 0.6 is 23.2 Å². The highest BCUT2D eigenvalue weighted by Crippen LogP contribution is 2.46. The molecule has 2 aromatic heterocycles. The Bertz CT molecular complexity index is 921. The van der Waals surface area contributed by atoms with Crippen molar-refractivity contribution in [1.29, 1.82) is 0 Å². The zero-order valence-corrected chi connectivity index (χ0v) is 15.7. The summed E-state index contributed by atoms with van der Waals surface area (Å²) >= 11 is 12.2. The standard InChI is InChI=1S/C18H19Cl2N3O3/c1-2-12-15(13-8-11(19)9-14(20)16(13)24)23(18(26)17(12)25)6-3-5-22-7-4-21-10-22/h4,7-10,24-26H,2-3,5-6H2,1H3. The third-order valence-corrected chi connectivity index (χ3v) is 4.81. The Kier molecular flexibility index (Phi) is 5.34. The first-order valence-corrected chi connectivity index (χ1v) is 8.97. The molecule has 3 aromatic rings. The van der Waals surface area contributed by atoms with Crippen LogP contribution in [0.2, 0.25) is 10.0 Å². The van der Waals surface area contributed by atoms with E-state index in [0.29, 0.717) is 47.8 Å². The van der Waals surface area contributed by atoms with Crippen molar-refractivity contribution in [2.75, 3.05) is 0 Å². The molecule has 1 aromatic carbocycles. The van der Waals surface area contributed by atoms with Gasteiger partial charge in [0.15, 0.2) is 5.75 Å². The van der Waals surface area contributed by atoms with Gasteiger partial charge in [0.25, 0.3) is 0 Å². The quantitative estimate of drug-likeness (QED) is 0.576. The molecule has 138 valence electrons. The molecule has 26 heavy (non-hydrogen) atoms. The van der Waals surface area contributed by atoms with E-state index in [1.165, 1.54) is 6.07 Å². The zero-order valence-electron chi connectivity index (χ0n) is 14.2. The van der Waals surface area contributed by atoms with Crippen molar-refractivity contribution in [3.63, 3.8) is 0 Å². The maximum atomic E-state index is 10.4. The summed E-state index contributed by atoms with van der Waals surface area (Å²) in [5.74, 6) is -0.572. The second kappa shape index (κ2) is 7.51. The van der Waals surface area contributed by atoms with E-state index in [9.17, 15) is 15.3 Å². The fourth-order valence-electron chi connectivity index (χ4n) is 3.08. The first-order valence-electron chi connectivity index (χ1n) is 8.21. The van der Waals surface area contributed by atoms with Gasteiger partial charge in [-0.2, -0.15) is 0 Å². The van der Waals surface area contributed by atoms with Crippen molar-refractivity contribution >= 4 is 23.2 Å². The van der Waals surface area contributed by atoms with Crippen molar-refractivity contribution in [3.8, 4) is 28.6 Å². The van der Waals surface area contributed by atoms with Gasteiger partial charge in [-0.3, -0.25) is 0 Å². The van der Waals surface area contributed by atoms with E-state index >= 15 is 0 Å². The number of phenolic OH excluding ortho intramolecular Hbond substituents is 1. The van der Waals surface area contributed by atoms with Gasteiger partial charge in [-0.05, 0) is 25.0 Å². The number of benzene rings is 1. The van der Waals surface area contributed by atoms with E-state index in [2.05, 4.69) is 4.98 Å². The van der Waals surface area contributed by atoms with Crippen LogP contribution in [0.5, 0.6) is 17.4 Å². The van der Waals surface area contributed by atoms with E-state index in [0.717, 1.165) is 0 Å². The number of phenols is 1. The molecule has 0 aliphatic carbocycles. The van der Waals surface area contributed by atoms with Gasteiger partial charge in [-0.15, -0.1) is 0 Å². The summed E-state index contributed by atoms with van der Waals surface area (Å²) in [6.07, 6.45) is 6.42. The van der Waals surface area contributed by atoms with Crippen LogP contribution in [0, 0.1) is 0 Å². The lowest BCUT2D eigenvalue weighted by Gasteiger charge is -2.14. The van der Waals surface area contributed by atoms with E-state index < -0.39 is 0 Å². The zero-order chi connectivity index (χ0) is 18.8. The summed E-state index contributed by atoms with van der Waals surface area (Å²) in [5.41, 5.74) is 1.41. The molecule has 0 amide bonds. The average molecular weight is 396 g/mol. The first kappa shape index (κ1) is 18.5. The predicted molar refractivity (Wildman–Crippen MR) is 101 cm³/mol. The van der Waals surface area contributed by atoms with Gasteiger partial charge >= 0.3 is 0 Å². The molecule has 6 nitrogen and oxygen atoms in total. The summed E-state index contributed by atoms with van der Waals surface area (Å²) in [7, 11) is 0. The Morgan fingerprint density at radius 1 is 1.08 bits per heavy atom. The molecule has 0 saturated heterocycles. The van der Waals surface area contributed by atoms with Gasteiger partial charge in [0.05, 0.1) is 17.0 Å². The highest BCUT2D eigenvalue weighted by Gasteiger charge is 2.25. The molecule has 3 rings (SSSR count). The minimum Gasteiger partial charge on any atom is -0.506 e. The van der Waals surface area contributed by atoms with Crippen LogP contribution < -0.4 is 0 Å². The topological polar surface area (TPSA) is 83.4 Å². The maximum Gasteiger partial charge on any atom is 0.235 e. The molecule has 0 saturated carbocycles. The SMILES string of the molecule is CCc1c(O)c(O)n(CCCn2ccnc2)c1-c1cc(Cl)cc(Cl)c1O. The maximum absolute atomic E-state index is 10.4. The lowest BCUT2D eigenvalue weighted by molar-refractivity contribution is 0.367. The molecule has 0 bridgehead atoms. The molecule has 3 N–H and O–H groups in total. The summed E-state index contributed by atoms with van der Waals surface area (Å²) in [6.45, 7) is 2.98. The molecule has 0 aliphatic heterocycles. The van der Waals surface area contributed by atoms with E-state index in [-0.39, 0.29) is 22.4 Å². The van der Waals surface area contributed by atoms with Gasteiger partial charge < -0.3 is 24.5 Å². The second-order valence-electron chi connectivity index (χ2n) is 5.94. The van der Waals surface area contributed by atoms with Gasteiger partial charge in [0.1, 0.15) is 5.75 Å². The highest BCUT2D eigenvalue weighted by atomic mass is 35.5. The van der Waals surface area contributed by atoms with Crippen molar-refractivity contribution < 1.29 is 15.3 Å². The lowest BCUT2D eigenvalue weighted by Crippen LogP contribution is -2.05. The number of imidazole rings is 1. The first-order chi connectivity index (χ1) is 12.4. The van der Waals surface area contributed by atoms with Crippen LogP contribution in [0.15, 0.2) is 30.9 Å². The minimum atomic E-state index is -0.238. The van der Waals surface area contributed by atoms with Crippen LogP contribution in [-0.4, -0.2) is 29.4 Å². The summed E-state index contributed by atoms with van der Waals surface area (Å²) in [4.78, 5) is 4.00. The summed E-state index contributed by atoms with van der Waals surface area (Å²) in [6, 6.07) is 3.02. The largest absolute Gasteiger partial charge is 0.506 e. The second-order valence-corrected chi connectivity index (χ2v) is 6.79. The van der Waals surface area contributed by atoms with Crippen LogP contribution in [0.3, 0.4) is 0 Å². The summed E-state index contributed by atoms with van der Waals surface area (Å²) in [5, 5.41) is 31.6. The third kappa shape index (κ3) is 3.34. The van der Waals surface area contributed by atoms with Gasteiger partial charge in [0, 0.05) is 41.6 Å². The number of rotatable bonds is 6. The molecule has 0 unspecified atom stereocenters. The Balaban J connectivity index is 2.04. The van der Waals surface area contributed by atoms with Crippen LogP contribution in [0.1, 0.15) is 18.9 Å². The average Bonchev–Trinajstić information content (AvgIpc) is 3.20. The number of aromatic hydroxyl groups is 3. The third-order valence-electron chi connectivity index (χ3n) is 4.30. The van der Waals surface area contributed by atoms with Gasteiger partial charge in [-0.1, -0.05) is 30.1 Å². The molecule has 0 aliphatic rings. The normalized spacial score (nSPS) is 11.2. The number of aromatic nitrogens is 3.